The van der Waals surface area contributed by atoms with Crippen LogP contribution < -0.4 is 10.5 Å². The molecule has 0 fully saturated rings. The maximum Gasteiger partial charge on any atom is 0.342 e. The first-order valence-electron chi connectivity index (χ1n) is 8.10. The average molecular weight is 341 g/mol. The predicted octanol–water partition coefficient (Wildman–Crippen LogP) is 2.39. The Kier molecular flexibility index (Phi) is 4.44. The van der Waals surface area contributed by atoms with Gasteiger partial charge in [-0.15, -0.1) is 0 Å². The quantitative estimate of drug-likeness (QED) is 0.801. The Hall–Kier alpha value is -2.89. The second-order valence-corrected chi connectivity index (χ2v) is 6.10. The van der Waals surface area contributed by atoms with E-state index in [0.717, 1.165) is 17.7 Å². The Labute approximate surface area is 145 Å². The molecule has 1 aromatic heterocycles. The second kappa shape index (κ2) is 6.55. The van der Waals surface area contributed by atoms with Crippen LogP contribution in [0.15, 0.2) is 39.5 Å². The number of hydrogen-bond donors (Lipinski definition) is 0. The molecule has 130 valence electrons. The summed E-state index contributed by atoms with van der Waals surface area (Å²) in [6.07, 6.45) is -0.158. The van der Waals surface area contributed by atoms with E-state index in [-0.39, 0.29) is 17.2 Å². The molecule has 2 heterocycles. The first kappa shape index (κ1) is 17.0. The summed E-state index contributed by atoms with van der Waals surface area (Å²) in [6.45, 7) is 5.27. The van der Waals surface area contributed by atoms with Crippen LogP contribution in [0.3, 0.4) is 0 Å². The molecule has 0 spiro atoms. The smallest absolute Gasteiger partial charge is 0.342 e. The highest BCUT2D eigenvalue weighted by molar-refractivity contribution is 6.00. The summed E-state index contributed by atoms with van der Waals surface area (Å²) in [5.74, 6) is -0.765. The molecule has 1 aromatic carbocycles. The van der Waals surface area contributed by atoms with E-state index in [0.29, 0.717) is 12.1 Å². The molecular weight excluding hydrogens is 322 g/mol. The lowest BCUT2D eigenvalue weighted by Gasteiger charge is -2.22. The van der Waals surface area contributed by atoms with Gasteiger partial charge in [-0.25, -0.2) is 9.59 Å². The number of anilines is 1. The number of fused-ring (bicyclic) bond motifs is 1. The van der Waals surface area contributed by atoms with Gasteiger partial charge in [0.15, 0.2) is 6.10 Å². The lowest BCUT2D eigenvalue weighted by atomic mass is 10.1. The van der Waals surface area contributed by atoms with E-state index in [1.807, 2.05) is 24.3 Å². The molecule has 0 radical (unpaired) electrons. The van der Waals surface area contributed by atoms with E-state index < -0.39 is 17.7 Å². The van der Waals surface area contributed by atoms with Crippen LogP contribution in [0.2, 0.25) is 0 Å². The van der Waals surface area contributed by atoms with Gasteiger partial charge < -0.3 is 14.1 Å². The van der Waals surface area contributed by atoms with Gasteiger partial charge in [-0.3, -0.25) is 4.79 Å². The number of hydrogen-bond acceptors (Lipinski definition) is 5. The number of amides is 1. The molecule has 6 nitrogen and oxygen atoms in total. The summed E-state index contributed by atoms with van der Waals surface area (Å²) in [4.78, 5) is 38.1. The van der Waals surface area contributed by atoms with Crippen LogP contribution in [0.5, 0.6) is 0 Å². The van der Waals surface area contributed by atoms with Crippen molar-refractivity contribution in [1.82, 2.24) is 0 Å². The van der Waals surface area contributed by atoms with Crippen molar-refractivity contribution < 1.29 is 18.7 Å². The first-order chi connectivity index (χ1) is 11.9. The number of carbonyl (C=O) groups is 2. The predicted molar refractivity (Wildman–Crippen MR) is 91.8 cm³/mol. The topological polar surface area (TPSA) is 76.8 Å². The van der Waals surface area contributed by atoms with E-state index in [2.05, 4.69) is 0 Å². The van der Waals surface area contributed by atoms with Crippen LogP contribution in [0, 0.1) is 13.8 Å². The highest BCUT2D eigenvalue weighted by atomic mass is 16.5. The summed E-state index contributed by atoms with van der Waals surface area (Å²) in [7, 11) is 0. The van der Waals surface area contributed by atoms with Crippen LogP contribution >= 0.6 is 0 Å². The summed E-state index contributed by atoms with van der Waals surface area (Å²) in [6, 6.07) is 8.91. The van der Waals surface area contributed by atoms with Crippen molar-refractivity contribution in [2.75, 3.05) is 11.4 Å². The zero-order valence-electron chi connectivity index (χ0n) is 14.4. The summed E-state index contributed by atoms with van der Waals surface area (Å²) in [5.41, 5.74) is 2.08. The third kappa shape index (κ3) is 3.20. The monoisotopic (exact) mass is 341 g/mol. The second-order valence-electron chi connectivity index (χ2n) is 6.10. The minimum Gasteiger partial charge on any atom is -0.449 e. The van der Waals surface area contributed by atoms with E-state index in [4.69, 9.17) is 9.15 Å². The van der Waals surface area contributed by atoms with E-state index in [9.17, 15) is 14.4 Å². The van der Waals surface area contributed by atoms with Crippen molar-refractivity contribution in [3.8, 4) is 0 Å². The Bertz CT molecular complexity index is 873. The minimum absolute atomic E-state index is 0.182. The molecule has 0 unspecified atom stereocenters. The van der Waals surface area contributed by atoms with Crippen molar-refractivity contribution in [2.24, 2.45) is 0 Å². The SMILES string of the molecule is Cc1cc(=O)oc(C)c1C(=O)O[C@@H](C)C(=O)N1CCc2ccccc21. The summed E-state index contributed by atoms with van der Waals surface area (Å²) in [5, 5.41) is 0. The first-order valence-corrected chi connectivity index (χ1v) is 8.10. The standard InChI is InChI=1S/C19H19NO5/c1-11-10-16(21)24-12(2)17(11)19(23)25-13(3)18(22)20-9-8-14-6-4-5-7-15(14)20/h4-7,10,13H,8-9H2,1-3H3/t13-/m0/s1. The van der Waals surface area contributed by atoms with Gasteiger partial charge in [-0.2, -0.15) is 0 Å². The van der Waals surface area contributed by atoms with E-state index >= 15 is 0 Å². The number of nitrogens with zero attached hydrogens (tertiary/aromatic N) is 1. The fourth-order valence-corrected chi connectivity index (χ4v) is 3.12. The van der Waals surface area contributed by atoms with E-state index in [1.54, 1.807) is 18.7 Å². The number of esters is 1. The molecule has 1 amide bonds. The van der Waals surface area contributed by atoms with E-state index in [1.165, 1.54) is 13.0 Å². The van der Waals surface area contributed by atoms with Gasteiger partial charge in [0.05, 0.1) is 0 Å². The summed E-state index contributed by atoms with van der Waals surface area (Å²) < 4.78 is 10.3. The molecular formula is C19H19NO5. The number of rotatable bonds is 3. The molecule has 2 aromatic rings. The van der Waals surface area contributed by atoms with Crippen LogP contribution in [-0.2, 0) is 16.0 Å². The minimum atomic E-state index is -0.940. The fourth-order valence-electron chi connectivity index (χ4n) is 3.12. The maximum absolute atomic E-state index is 12.7. The molecule has 1 aliphatic rings. The molecule has 0 saturated heterocycles. The van der Waals surface area contributed by atoms with Crippen molar-refractivity contribution in [1.29, 1.82) is 0 Å². The molecule has 0 bridgehead atoms. The van der Waals surface area contributed by atoms with Crippen LogP contribution in [0.1, 0.15) is 34.2 Å². The molecule has 0 N–H and O–H groups in total. The Balaban J connectivity index is 1.77. The van der Waals surface area contributed by atoms with Gasteiger partial charge in [0.2, 0.25) is 0 Å². The van der Waals surface area contributed by atoms with Crippen molar-refractivity contribution in [3.63, 3.8) is 0 Å². The highest BCUT2D eigenvalue weighted by Crippen LogP contribution is 2.28. The van der Waals surface area contributed by atoms with Gasteiger partial charge >= 0.3 is 11.6 Å². The zero-order valence-corrected chi connectivity index (χ0v) is 14.4. The molecule has 3 rings (SSSR count). The maximum atomic E-state index is 12.7. The van der Waals surface area contributed by atoms with Gasteiger partial charge in [-0.1, -0.05) is 18.2 Å². The molecule has 25 heavy (non-hydrogen) atoms. The van der Waals surface area contributed by atoms with Crippen LogP contribution in [0.4, 0.5) is 5.69 Å². The normalized spacial score (nSPS) is 14.1. The lowest BCUT2D eigenvalue weighted by molar-refractivity contribution is -0.126. The van der Waals surface area contributed by atoms with Crippen molar-refractivity contribution in [2.45, 2.75) is 33.3 Å². The number of ether oxygens (including phenoxy) is 1. The van der Waals surface area contributed by atoms with Crippen molar-refractivity contribution in [3.05, 3.63) is 63.2 Å². The number of para-hydroxylation sites is 1. The highest BCUT2D eigenvalue weighted by Gasteiger charge is 2.30. The summed E-state index contributed by atoms with van der Waals surface area (Å²) >= 11 is 0. The number of aryl methyl sites for hydroxylation is 2. The largest absolute Gasteiger partial charge is 0.449 e. The van der Waals surface area contributed by atoms with Crippen LogP contribution in [0.25, 0.3) is 0 Å². The van der Waals surface area contributed by atoms with Gasteiger partial charge in [0.25, 0.3) is 5.91 Å². The van der Waals surface area contributed by atoms with Crippen LogP contribution in [-0.4, -0.2) is 24.5 Å². The third-order valence-electron chi connectivity index (χ3n) is 4.32. The molecule has 1 atom stereocenters. The van der Waals surface area contributed by atoms with Gasteiger partial charge in [0.1, 0.15) is 11.3 Å². The average Bonchev–Trinajstić information content (AvgIpc) is 2.97. The Morgan fingerprint density at radius 2 is 1.96 bits per heavy atom. The van der Waals surface area contributed by atoms with Crippen molar-refractivity contribution >= 4 is 17.6 Å². The zero-order chi connectivity index (χ0) is 18.1. The third-order valence-corrected chi connectivity index (χ3v) is 4.32. The molecule has 0 saturated carbocycles. The van der Waals surface area contributed by atoms with Gasteiger partial charge in [0, 0.05) is 18.3 Å². The Morgan fingerprint density at radius 1 is 1.24 bits per heavy atom. The lowest BCUT2D eigenvalue weighted by Crippen LogP contribution is -2.39. The van der Waals surface area contributed by atoms with Gasteiger partial charge in [-0.05, 0) is 44.4 Å². The molecule has 6 heteroatoms. The number of carbonyl (C=O) groups excluding carboxylic acids is 2. The Morgan fingerprint density at radius 3 is 2.68 bits per heavy atom. The fraction of sp³-hybridized carbons (Fsp3) is 0.316. The number of benzene rings is 1. The molecule has 1 aliphatic heterocycles. The molecule has 0 aliphatic carbocycles.